The minimum atomic E-state index is 0.601. The maximum Gasteiger partial charge on any atom is 0.137 e. The van der Waals surface area contributed by atoms with Gasteiger partial charge in [-0.25, -0.2) is 4.98 Å². The number of pyridine rings is 1. The van der Waals surface area contributed by atoms with Gasteiger partial charge in [-0.05, 0) is 12.1 Å². The summed E-state index contributed by atoms with van der Waals surface area (Å²) in [5, 5.41) is 0. The molecule has 0 unspecified atom stereocenters. The van der Waals surface area contributed by atoms with Crippen LogP contribution in [0.25, 0.3) is 0 Å². The number of aromatic nitrogens is 1. The van der Waals surface area contributed by atoms with Gasteiger partial charge in [-0.3, -0.25) is 0 Å². The number of methoxy groups -OCH3 is 1. The summed E-state index contributed by atoms with van der Waals surface area (Å²) in [6.07, 6.45) is 1.69. The fourth-order valence-electron chi connectivity index (χ4n) is 0.960. The van der Waals surface area contributed by atoms with Crippen molar-refractivity contribution in [2.75, 3.05) is 31.5 Å². The normalized spacial score (nSPS) is 9.77. The molecule has 1 heterocycles. The van der Waals surface area contributed by atoms with E-state index in [0.29, 0.717) is 5.88 Å². The van der Waals surface area contributed by atoms with E-state index in [-0.39, 0.29) is 0 Å². The number of alkyl halides is 1. The summed E-state index contributed by atoms with van der Waals surface area (Å²) >= 11 is 5.61. The van der Waals surface area contributed by atoms with Crippen molar-refractivity contribution < 1.29 is 4.74 Å². The van der Waals surface area contributed by atoms with Crippen molar-refractivity contribution in [2.45, 2.75) is 0 Å². The molecule has 0 spiro atoms. The summed E-state index contributed by atoms with van der Waals surface area (Å²) in [5.41, 5.74) is 0. The third kappa shape index (κ3) is 2.77. The molecule has 1 rings (SSSR count). The second-order valence-electron chi connectivity index (χ2n) is 2.67. The van der Waals surface area contributed by atoms with Gasteiger partial charge in [0, 0.05) is 19.5 Å². The summed E-state index contributed by atoms with van der Waals surface area (Å²) in [6.45, 7) is 0.793. The van der Waals surface area contributed by atoms with Crippen LogP contribution >= 0.6 is 11.6 Å². The molecule has 0 amide bonds. The van der Waals surface area contributed by atoms with E-state index in [0.717, 1.165) is 18.1 Å². The largest absolute Gasteiger partial charge is 0.495 e. The van der Waals surface area contributed by atoms with Crippen molar-refractivity contribution in [1.82, 2.24) is 4.98 Å². The van der Waals surface area contributed by atoms with Crippen molar-refractivity contribution in [3.05, 3.63) is 18.3 Å². The summed E-state index contributed by atoms with van der Waals surface area (Å²) in [7, 11) is 3.58. The SMILES string of the molecule is COc1ccc(N(C)CCCl)nc1. The fraction of sp³-hybridized carbons (Fsp3) is 0.444. The standard InChI is InChI=1S/C9H13ClN2O/c1-12(6-5-10)9-4-3-8(13-2)7-11-9/h3-4,7H,5-6H2,1-2H3. The number of hydrogen-bond acceptors (Lipinski definition) is 3. The highest BCUT2D eigenvalue weighted by Crippen LogP contribution is 2.13. The van der Waals surface area contributed by atoms with Gasteiger partial charge in [-0.15, -0.1) is 11.6 Å². The molecule has 4 heteroatoms. The van der Waals surface area contributed by atoms with Gasteiger partial charge in [0.05, 0.1) is 13.3 Å². The summed E-state index contributed by atoms with van der Waals surface area (Å²) in [5.74, 6) is 2.27. The van der Waals surface area contributed by atoms with E-state index in [1.54, 1.807) is 13.3 Å². The van der Waals surface area contributed by atoms with E-state index in [1.165, 1.54) is 0 Å². The van der Waals surface area contributed by atoms with Gasteiger partial charge in [0.15, 0.2) is 0 Å². The van der Waals surface area contributed by atoms with Crippen molar-refractivity contribution in [2.24, 2.45) is 0 Å². The van der Waals surface area contributed by atoms with Crippen LogP contribution in [0.5, 0.6) is 5.75 Å². The lowest BCUT2D eigenvalue weighted by Crippen LogP contribution is -2.20. The molecule has 0 aliphatic rings. The van der Waals surface area contributed by atoms with Crippen molar-refractivity contribution in [1.29, 1.82) is 0 Å². The lowest BCUT2D eigenvalue weighted by Gasteiger charge is -2.16. The van der Waals surface area contributed by atoms with Crippen molar-refractivity contribution in [3.63, 3.8) is 0 Å². The predicted octanol–water partition coefficient (Wildman–Crippen LogP) is 1.77. The average molecular weight is 201 g/mol. The Morgan fingerprint density at radius 2 is 2.31 bits per heavy atom. The quantitative estimate of drug-likeness (QED) is 0.693. The van der Waals surface area contributed by atoms with Crippen LogP contribution in [0.4, 0.5) is 5.82 Å². The second-order valence-corrected chi connectivity index (χ2v) is 3.04. The Balaban J connectivity index is 2.67. The van der Waals surface area contributed by atoms with Gasteiger partial charge in [-0.1, -0.05) is 0 Å². The Hall–Kier alpha value is -0.960. The maximum atomic E-state index is 5.61. The first-order valence-electron chi connectivity index (χ1n) is 4.05. The number of anilines is 1. The Kier molecular flexibility index (Phi) is 3.83. The summed E-state index contributed by atoms with van der Waals surface area (Å²) in [6, 6.07) is 3.79. The molecule has 0 aromatic carbocycles. The molecule has 0 bridgehead atoms. The minimum Gasteiger partial charge on any atom is -0.495 e. The number of nitrogens with zero attached hydrogens (tertiary/aromatic N) is 2. The Morgan fingerprint density at radius 1 is 1.54 bits per heavy atom. The summed E-state index contributed by atoms with van der Waals surface area (Å²) in [4.78, 5) is 6.20. The van der Waals surface area contributed by atoms with Gasteiger partial charge < -0.3 is 9.64 Å². The first-order chi connectivity index (χ1) is 6.27. The number of rotatable bonds is 4. The zero-order valence-corrected chi connectivity index (χ0v) is 8.58. The number of hydrogen-bond donors (Lipinski definition) is 0. The van der Waals surface area contributed by atoms with Crippen LogP contribution in [0.15, 0.2) is 18.3 Å². The second kappa shape index (κ2) is 4.92. The van der Waals surface area contributed by atoms with E-state index in [4.69, 9.17) is 16.3 Å². The Bertz CT molecular complexity index is 250. The van der Waals surface area contributed by atoms with E-state index < -0.39 is 0 Å². The maximum absolute atomic E-state index is 5.61. The number of halogens is 1. The molecule has 0 saturated carbocycles. The molecule has 72 valence electrons. The van der Waals surface area contributed by atoms with Crippen LogP contribution < -0.4 is 9.64 Å². The van der Waals surface area contributed by atoms with Gasteiger partial charge in [0.2, 0.25) is 0 Å². The molecule has 0 radical (unpaired) electrons. The molecule has 13 heavy (non-hydrogen) atoms. The molecular formula is C9H13ClN2O. The summed E-state index contributed by atoms with van der Waals surface area (Å²) < 4.78 is 5.00. The monoisotopic (exact) mass is 200 g/mol. The molecular weight excluding hydrogens is 188 g/mol. The lowest BCUT2D eigenvalue weighted by atomic mass is 10.4. The molecule has 0 saturated heterocycles. The van der Waals surface area contributed by atoms with Crippen LogP contribution in [0.1, 0.15) is 0 Å². The molecule has 1 aromatic rings. The number of ether oxygens (including phenoxy) is 1. The zero-order chi connectivity index (χ0) is 9.68. The molecule has 0 aliphatic carbocycles. The van der Waals surface area contributed by atoms with Crippen LogP contribution in [0.2, 0.25) is 0 Å². The Labute approximate surface area is 83.3 Å². The highest BCUT2D eigenvalue weighted by atomic mass is 35.5. The molecule has 1 aromatic heterocycles. The molecule has 0 fully saturated rings. The van der Waals surface area contributed by atoms with Crippen molar-refractivity contribution in [3.8, 4) is 5.75 Å². The smallest absolute Gasteiger partial charge is 0.137 e. The van der Waals surface area contributed by atoms with Crippen LogP contribution in [0.3, 0.4) is 0 Å². The molecule has 0 aliphatic heterocycles. The minimum absolute atomic E-state index is 0.601. The molecule has 0 atom stereocenters. The first-order valence-corrected chi connectivity index (χ1v) is 4.58. The highest BCUT2D eigenvalue weighted by molar-refractivity contribution is 6.18. The highest BCUT2D eigenvalue weighted by Gasteiger charge is 2.00. The Morgan fingerprint density at radius 3 is 2.77 bits per heavy atom. The first kappa shape index (κ1) is 10.1. The van der Waals surface area contributed by atoms with Gasteiger partial charge in [-0.2, -0.15) is 0 Å². The molecule has 3 nitrogen and oxygen atoms in total. The van der Waals surface area contributed by atoms with Crippen molar-refractivity contribution >= 4 is 17.4 Å². The average Bonchev–Trinajstić information content (AvgIpc) is 2.18. The van der Waals surface area contributed by atoms with E-state index in [2.05, 4.69) is 4.98 Å². The van der Waals surface area contributed by atoms with E-state index >= 15 is 0 Å². The fourth-order valence-corrected chi connectivity index (χ4v) is 1.21. The lowest BCUT2D eigenvalue weighted by molar-refractivity contribution is 0.413. The van der Waals surface area contributed by atoms with Crippen LogP contribution in [-0.4, -0.2) is 31.6 Å². The van der Waals surface area contributed by atoms with E-state index in [1.807, 2.05) is 24.1 Å². The third-order valence-electron chi connectivity index (χ3n) is 1.77. The molecule has 0 N–H and O–H groups in total. The van der Waals surface area contributed by atoms with Crippen LogP contribution in [-0.2, 0) is 0 Å². The zero-order valence-electron chi connectivity index (χ0n) is 7.83. The van der Waals surface area contributed by atoms with Gasteiger partial charge in [0.25, 0.3) is 0 Å². The predicted molar refractivity (Wildman–Crippen MR) is 54.8 cm³/mol. The van der Waals surface area contributed by atoms with Crippen LogP contribution in [0, 0.1) is 0 Å². The van der Waals surface area contributed by atoms with Gasteiger partial charge in [0.1, 0.15) is 11.6 Å². The van der Waals surface area contributed by atoms with Gasteiger partial charge >= 0.3 is 0 Å². The topological polar surface area (TPSA) is 25.4 Å². The van der Waals surface area contributed by atoms with E-state index in [9.17, 15) is 0 Å². The third-order valence-corrected chi connectivity index (χ3v) is 1.94.